The highest BCUT2D eigenvalue weighted by Crippen LogP contribution is 2.33. The van der Waals surface area contributed by atoms with E-state index in [1.54, 1.807) is 24.3 Å². The Morgan fingerprint density at radius 3 is 2.74 bits per heavy atom. The summed E-state index contributed by atoms with van der Waals surface area (Å²) in [7, 11) is 0. The van der Waals surface area contributed by atoms with E-state index < -0.39 is 0 Å². The van der Waals surface area contributed by atoms with Crippen LogP contribution in [0.4, 0.5) is 0 Å². The second-order valence-electron chi connectivity index (χ2n) is 4.79. The summed E-state index contributed by atoms with van der Waals surface area (Å²) >= 11 is 5.74. The summed E-state index contributed by atoms with van der Waals surface area (Å²) in [6.07, 6.45) is 2.54. The van der Waals surface area contributed by atoms with E-state index in [1.807, 2.05) is 0 Å². The van der Waals surface area contributed by atoms with Gasteiger partial charge in [-0.3, -0.25) is 4.79 Å². The summed E-state index contributed by atoms with van der Waals surface area (Å²) in [5, 5.41) is 13.0. The third kappa shape index (κ3) is 5.09. The maximum Gasteiger partial charge on any atom is 0.257 e. The van der Waals surface area contributed by atoms with Crippen LogP contribution in [0, 0.1) is 5.92 Å². The van der Waals surface area contributed by atoms with Gasteiger partial charge in [-0.1, -0.05) is 11.6 Å². The zero-order valence-corrected chi connectivity index (χ0v) is 11.4. The smallest absolute Gasteiger partial charge is 0.257 e. The third-order valence-corrected chi connectivity index (χ3v) is 3.36. The predicted molar refractivity (Wildman–Crippen MR) is 73.3 cm³/mol. The predicted octanol–water partition coefficient (Wildman–Crippen LogP) is 2.00. The van der Waals surface area contributed by atoms with Crippen molar-refractivity contribution in [3.63, 3.8) is 0 Å². The van der Waals surface area contributed by atoms with Crippen LogP contribution in [0.3, 0.4) is 0 Å². The van der Waals surface area contributed by atoms with Crippen LogP contribution < -0.4 is 10.1 Å². The van der Waals surface area contributed by atoms with Crippen molar-refractivity contribution >= 4 is 17.5 Å². The quantitative estimate of drug-likeness (QED) is 0.805. The first-order valence-electron chi connectivity index (χ1n) is 6.48. The second kappa shape index (κ2) is 6.78. The summed E-state index contributed by atoms with van der Waals surface area (Å²) in [6.45, 7) is 0.460. The largest absolute Gasteiger partial charge is 0.484 e. The Labute approximate surface area is 117 Å². The number of amides is 1. The molecule has 0 heterocycles. The molecule has 1 aliphatic carbocycles. The van der Waals surface area contributed by atoms with E-state index in [4.69, 9.17) is 16.3 Å². The van der Waals surface area contributed by atoms with Crippen molar-refractivity contribution in [3.05, 3.63) is 29.3 Å². The Morgan fingerprint density at radius 2 is 2.11 bits per heavy atom. The van der Waals surface area contributed by atoms with Crippen molar-refractivity contribution in [1.29, 1.82) is 0 Å². The van der Waals surface area contributed by atoms with Gasteiger partial charge in [0.05, 0.1) is 6.10 Å². The average Bonchev–Trinajstić information content (AvgIpc) is 3.22. The Bertz CT molecular complexity index is 417. The first-order chi connectivity index (χ1) is 9.15. The lowest BCUT2D eigenvalue weighted by atomic mass is 10.2. The van der Waals surface area contributed by atoms with Gasteiger partial charge in [-0.15, -0.1) is 0 Å². The van der Waals surface area contributed by atoms with Gasteiger partial charge in [-0.05, 0) is 49.4 Å². The van der Waals surface area contributed by atoms with E-state index >= 15 is 0 Å². The number of carbonyl (C=O) groups excluding carboxylic acids is 1. The molecule has 1 saturated carbocycles. The fourth-order valence-electron chi connectivity index (χ4n) is 1.81. The molecule has 0 bridgehead atoms. The number of ether oxygens (including phenoxy) is 1. The lowest BCUT2D eigenvalue weighted by molar-refractivity contribution is -0.123. The lowest BCUT2D eigenvalue weighted by Gasteiger charge is -2.10. The highest BCUT2D eigenvalue weighted by atomic mass is 35.5. The summed E-state index contributed by atoms with van der Waals surface area (Å²) in [6, 6.07) is 6.85. The molecule has 0 radical (unpaired) electrons. The zero-order chi connectivity index (χ0) is 13.7. The van der Waals surface area contributed by atoms with Crippen molar-refractivity contribution in [2.75, 3.05) is 13.2 Å². The molecule has 4 nitrogen and oxygen atoms in total. The van der Waals surface area contributed by atoms with E-state index in [0.29, 0.717) is 29.7 Å². The maximum atomic E-state index is 11.5. The molecule has 0 unspecified atom stereocenters. The summed E-state index contributed by atoms with van der Waals surface area (Å²) in [5.74, 6) is 0.873. The average molecular weight is 284 g/mol. The number of hydrogen-bond acceptors (Lipinski definition) is 3. The lowest BCUT2D eigenvalue weighted by Crippen LogP contribution is -2.31. The van der Waals surface area contributed by atoms with Gasteiger partial charge in [0.1, 0.15) is 5.75 Å². The summed E-state index contributed by atoms with van der Waals surface area (Å²) < 4.78 is 5.31. The first-order valence-corrected chi connectivity index (χ1v) is 6.86. The molecule has 1 atom stereocenters. The van der Waals surface area contributed by atoms with Crippen LogP contribution >= 0.6 is 11.6 Å². The third-order valence-electron chi connectivity index (χ3n) is 3.11. The van der Waals surface area contributed by atoms with E-state index in [9.17, 15) is 9.90 Å². The molecule has 2 N–H and O–H groups in total. The number of halogens is 1. The van der Waals surface area contributed by atoms with Gasteiger partial charge in [0.25, 0.3) is 5.91 Å². The number of aliphatic hydroxyl groups excluding tert-OH is 1. The van der Waals surface area contributed by atoms with Crippen LogP contribution in [0.25, 0.3) is 0 Å². The van der Waals surface area contributed by atoms with Gasteiger partial charge >= 0.3 is 0 Å². The molecule has 1 aliphatic rings. The van der Waals surface area contributed by atoms with Gasteiger partial charge < -0.3 is 15.2 Å². The van der Waals surface area contributed by atoms with E-state index in [-0.39, 0.29) is 18.6 Å². The van der Waals surface area contributed by atoms with Crippen LogP contribution in [0.1, 0.15) is 19.3 Å². The minimum Gasteiger partial charge on any atom is -0.484 e. The van der Waals surface area contributed by atoms with E-state index in [0.717, 1.165) is 12.8 Å². The molecule has 0 aliphatic heterocycles. The SMILES string of the molecule is O=C(COc1ccc(Cl)cc1)NCC[C@@H](O)C1CC1. The molecular weight excluding hydrogens is 266 g/mol. The fraction of sp³-hybridized carbons (Fsp3) is 0.500. The molecule has 0 saturated heterocycles. The van der Waals surface area contributed by atoms with Crippen molar-refractivity contribution in [2.24, 2.45) is 5.92 Å². The Balaban J connectivity index is 1.60. The van der Waals surface area contributed by atoms with Gasteiger partial charge in [0.2, 0.25) is 0 Å². The van der Waals surface area contributed by atoms with E-state index in [1.165, 1.54) is 0 Å². The molecule has 2 rings (SSSR count). The number of aliphatic hydroxyl groups is 1. The van der Waals surface area contributed by atoms with E-state index in [2.05, 4.69) is 5.32 Å². The van der Waals surface area contributed by atoms with Gasteiger partial charge in [-0.2, -0.15) is 0 Å². The van der Waals surface area contributed by atoms with Gasteiger partial charge in [0, 0.05) is 11.6 Å². The Hall–Kier alpha value is -1.26. The first kappa shape index (κ1) is 14.2. The highest BCUT2D eigenvalue weighted by molar-refractivity contribution is 6.30. The molecule has 0 aromatic heterocycles. The molecule has 1 amide bonds. The number of nitrogens with one attached hydrogen (secondary N) is 1. The van der Waals surface area contributed by atoms with Crippen LogP contribution in [0.15, 0.2) is 24.3 Å². The van der Waals surface area contributed by atoms with Crippen molar-refractivity contribution in [3.8, 4) is 5.75 Å². The fourth-order valence-corrected chi connectivity index (χ4v) is 1.93. The van der Waals surface area contributed by atoms with Crippen LogP contribution in [-0.2, 0) is 4.79 Å². The number of rotatable bonds is 7. The van der Waals surface area contributed by atoms with Crippen molar-refractivity contribution in [1.82, 2.24) is 5.32 Å². The summed E-state index contributed by atoms with van der Waals surface area (Å²) in [5.41, 5.74) is 0. The van der Waals surface area contributed by atoms with Crippen LogP contribution in [0.2, 0.25) is 5.02 Å². The minimum absolute atomic E-state index is 0.0266. The molecule has 0 spiro atoms. The normalized spacial score (nSPS) is 15.9. The number of hydrogen-bond donors (Lipinski definition) is 2. The molecule has 5 heteroatoms. The zero-order valence-electron chi connectivity index (χ0n) is 10.6. The Kier molecular flexibility index (Phi) is 5.05. The Morgan fingerprint density at radius 1 is 1.42 bits per heavy atom. The van der Waals surface area contributed by atoms with Crippen molar-refractivity contribution < 1.29 is 14.6 Å². The summed E-state index contributed by atoms with van der Waals surface area (Å²) in [4.78, 5) is 11.5. The topological polar surface area (TPSA) is 58.6 Å². The molecule has 1 fully saturated rings. The van der Waals surface area contributed by atoms with Crippen LogP contribution in [0.5, 0.6) is 5.75 Å². The molecule has 19 heavy (non-hydrogen) atoms. The minimum atomic E-state index is -0.280. The van der Waals surface area contributed by atoms with Crippen LogP contribution in [-0.4, -0.2) is 30.3 Å². The number of carbonyl (C=O) groups is 1. The molecule has 1 aromatic rings. The standard InChI is InChI=1S/C14H18ClNO3/c15-11-3-5-12(6-4-11)19-9-14(18)16-8-7-13(17)10-1-2-10/h3-6,10,13,17H,1-2,7-9H2,(H,16,18)/t13-/m1/s1. The maximum absolute atomic E-state index is 11.5. The molecular formula is C14H18ClNO3. The second-order valence-corrected chi connectivity index (χ2v) is 5.22. The monoisotopic (exact) mass is 283 g/mol. The molecule has 104 valence electrons. The number of benzene rings is 1. The van der Waals surface area contributed by atoms with Gasteiger partial charge in [-0.25, -0.2) is 0 Å². The highest BCUT2D eigenvalue weighted by Gasteiger charge is 2.29. The van der Waals surface area contributed by atoms with Crippen molar-refractivity contribution in [2.45, 2.75) is 25.4 Å². The molecule has 1 aromatic carbocycles. The van der Waals surface area contributed by atoms with Gasteiger partial charge in [0.15, 0.2) is 6.61 Å².